The number of ether oxygens (including phenoxy) is 1. The van der Waals surface area contributed by atoms with Crippen molar-refractivity contribution in [2.75, 3.05) is 20.7 Å². The van der Waals surface area contributed by atoms with E-state index in [4.69, 9.17) is 16.3 Å². The Labute approximate surface area is 149 Å². The van der Waals surface area contributed by atoms with Gasteiger partial charge in [0.05, 0.1) is 25.6 Å². The van der Waals surface area contributed by atoms with Crippen molar-refractivity contribution in [2.45, 2.75) is 13.0 Å². The number of likely N-dealkylation sites (N-methyl/N-ethyl adjacent to an activating group) is 1. The van der Waals surface area contributed by atoms with E-state index < -0.39 is 0 Å². The Morgan fingerprint density at radius 1 is 1.50 bits per heavy atom. The van der Waals surface area contributed by atoms with Crippen molar-refractivity contribution in [1.29, 1.82) is 0 Å². The standard InChI is InChI=1S/C17H17ClN2O3S/c1-20-6-5-12-14(9-20)24-16(15(12)17(22)23-2)19-8-10-7-11(18)3-4-13(10)21/h3-4,7-8,21H,5-6,9H2,1-2H3/p+1. The first-order valence-electron chi connectivity index (χ1n) is 7.56. The highest BCUT2D eigenvalue weighted by Gasteiger charge is 2.29. The molecule has 0 saturated carbocycles. The Kier molecular flexibility index (Phi) is 4.89. The minimum Gasteiger partial charge on any atom is -0.507 e. The Hall–Kier alpha value is -1.89. The van der Waals surface area contributed by atoms with Crippen molar-refractivity contribution in [3.63, 3.8) is 0 Å². The first kappa shape index (κ1) is 17.0. The minimum absolute atomic E-state index is 0.0910. The molecule has 5 nitrogen and oxygen atoms in total. The number of nitrogens with zero attached hydrogens (tertiary/aromatic N) is 1. The van der Waals surface area contributed by atoms with Crippen molar-refractivity contribution in [1.82, 2.24) is 0 Å². The second-order valence-corrected chi connectivity index (χ2v) is 7.29. The third kappa shape index (κ3) is 3.31. The van der Waals surface area contributed by atoms with Gasteiger partial charge in [0.25, 0.3) is 0 Å². The molecule has 0 amide bonds. The molecular formula is C17H18ClN2O3S+. The van der Waals surface area contributed by atoms with E-state index in [1.54, 1.807) is 12.1 Å². The maximum absolute atomic E-state index is 12.2. The first-order valence-corrected chi connectivity index (χ1v) is 8.75. The van der Waals surface area contributed by atoms with E-state index >= 15 is 0 Å². The zero-order valence-corrected chi connectivity index (χ0v) is 15.0. The van der Waals surface area contributed by atoms with Crippen LogP contribution in [0.15, 0.2) is 23.2 Å². The van der Waals surface area contributed by atoms with E-state index in [0.717, 1.165) is 25.1 Å². The number of thiophene rings is 1. The number of phenolic OH excluding ortho intramolecular Hbond substituents is 1. The quantitative estimate of drug-likeness (QED) is 0.647. The van der Waals surface area contributed by atoms with Crippen molar-refractivity contribution < 1.29 is 19.5 Å². The Morgan fingerprint density at radius 2 is 2.29 bits per heavy atom. The van der Waals surface area contributed by atoms with Crippen LogP contribution in [0.25, 0.3) is 0 Å². The van der Waals surface area contributed by atoms with Crippen LogP contribution in [0.5, 0.6) is 5.75 Å². The van der Waals surface area contributed by atoms with E-state index in [0.29, 0.717) is 21.2 Å². The normalized spacial score (nSPS) is 17.0. The van der Waals surface area contributed by atoms with E-state index in [9.17, 15) is 9.90 Å². The van der Waals surface area contributed by atoms with Crippen LogP contribution >= 0.6 is 22.9 Å². The number of phenols is 1. The van der Waals surface area contributed by atoms with Gasteiger partial charge in [-0.15, -0.1) is 11.3 Å². The number of aromatic hydroxyl groups is 1. The molecule has 0 spiro atoms. The number of esters is 1. The predicted octanol–water partition coefficient (Wildman–Crippen LogP) is 2.22. The van der Waals surface area contributed by atoms with Gasteiger partial charge in [-0.3, -0.25) is 0 Å². The average molecular weight is 366 g/mol. The van der Waals surface area contributed by atoms with Gasteiger partial charge in [0, 0.05) is 23.2 Å². The third-order valence-electron chi connectivity index (χ3n) is 4.04. The molecule has 3 rings (SSSR count). The van der Waals surface area contributed by atoms with Gasteiger partial charge >= 0.3 is 5.97 Å². The van der Waals surface area contributed by atoms with E-state index in [-0.39, 0.29) is 11.7 Å². The fraction of sp³-hybridized carbons (Fsp3) is 0.294. The molecule has 1 aromatic carbocycles. The summed E-state index contributed by atoms with van der Waals surface area (Å²) in [6, 6.07) is 4.75. The molecule has 0 radical (unpaired) electrons. The molecule has 1 aliphatic rings. The summed E-state index contributed by atoms with van der Waals surface area (Å²) in [4.78, 5) is 19.2. The van der Waals surface area contributed by atoms with Gasteiger partial charge < -0.3 is 14.7 Å². The zero-order chi connectivity index (χ0) is 17.3. The smallest absolute Gasteiger partial charge is 0.341 e. The van der Waals surface area contributed by atoms with Crippen LogP contribution in [-0.4, -0.2) is 38.0 Å². The number of hydrogen-bond acceptors (Lipinski definition) is 5. The number of fused-ring (bicyclic) bond motifs is 1. The fourth-order valence-electron chi connectivity index (χ4n) is 2.77. The molecule has 0 bridgehead atoms. The van der Waals surface area contributed by atoms with Crippen molar-refractivity contribution in [3.8, 4) is 5.75 Å². The second kappa shape index (κ2) is 6.93. The highest BCUT2D eigenvalue weighted by atomic mass is 35.5. The number of aliphatic imine (C=N–C) groups is 1. The largest absolute Gasteiger partial charge is 0.507 e. The van der Waals surface area contributed by atoms with Crippen molar-refractivity contribution in [2.24, 2.45) is 4.99 Å². The van der Waals surface area contributed by atoms with Crippen LogP contribution in [0.1, 0.15) is 26.4 Å². The van der Waals surface area contributed by atoms with Crippen LogP contribution < -0.4 is 4.90 Å². The van der Waals surface area contributed by atoms with Gasteiger partial charge in [-0.25, -0.2) is 9.79 Å². The number of halogens is 1. The number of methoxy groups -OCH3 is 1. The molecule has 1 unspecified atom stereocenters. The number of hydrogen-bond donors (Lipinski definition) is 2. The van der Waals surface area contributed by atoms with Crippen LogP contribution in [-0.2, 0) is 17.7 Å². The molecule has 126 valence electrons. The second-order valence-electron chi connectivity index (χ2n) is 5.77. The summed E-state index contributed by atoms with van der Waals surface area (Å²) >= 11 is 7.46. The molecule has 1 atom stereocenters. The Morgan fingerprint density at radius 3 is 3.04 bits per heavy atom. The summed E-state index contributed by atoms with van der Waals surface area (Å²) < 4.78 is 4.94. The maximum atomic E-state index is 12.2. The summed E-state index contributed by atoms with van der Waals surface area (Å²) in [5.74, 6) is -0.275. The Bertz CT molecular complexity index is 816. The molecule has 0 fully saturated rings. The lowest BCUT2D eigenvalue weighted by Gasteiger charge is -2.19. The molecule has 0 aliphatic carbocycles. The number of carbonyl (C=O) groups is 1. The predicted molar refractivity (Wildman–Crippen MR) is 95.2 cm³/mol. The minimum atomic E-state index is -0.366. The topological polar surface area (TPSA) is 63.3 Å². The van der Waals surface area contributed by atoms with Crippen LogP contribution in [0, 0.1) is 0 Å². The fourth-order valence-corrected chi connectivity index (χ4v) is 4.24. The number of rotatable bonds is 3. The van der Waals surface area contributed by atoms with Crippen LogP contribution in [0.3, 0.4) is 0 Å². The van der Waals surface area contributed by atoms with E-state index in [1.807, 2.05) is 0 Å². The summed E-state index contributed by atoms with van der Waals surface area (Å²) in [5.41, 5.74) is 2.09. The highest BCUT2D eigenvalue weighted by Crippen LogP contribution is 2.37. The van der Waals surface area contributed by atoms with Gasteiger partial charge in [-0.1, -0.05) is 11.6 Å². The molecule has 2 N–H and O–H groups in total. The Balaban J connectivity index is 2.02. The van der Waals surface area contributed by atoms with E-state index in [2.05, 4.69) is 12.0 Å². The number of quaternary nitrogens is 1. The van der Waals surface area contributed by atoms with E-state index in [1.165, 1.54) is 40.5 Å². The third-order valence-corrected chi connectivity index (χ3v) is 5.41. The zero-order valence-electron chi connectivity index (χ0n) is 13.4. The molecular weight excluding hydrogens is 348 g/mol. The maximum Gasteiger partial charge on any atom is 0.341 e. The number of benzene rings is 1. The van der Waals surface area contributed by atoms with Crippen LogP contribution in [0.2, 0.25) is 5.02 Å². The lowest BCUT2D eigenvalue weighted by atomic mass is 10.0. The molecule has 1 aliphatic heterocycles. The molecule has 24 heavy (non-hydrogen) atoms. The summed E-state index contributed by atoms with van der Waals surface area (Å²) in [5, 5.41) is 11.0. The first-order chi connectivity index (χ1) is 11.5. The van der Waals surface area contributed by atoms with Crippen molar-refractivity contribution >= 4 is 40.1 Å². The lowest BCUT2D eigenvalue weighted by Crippen LogP contribution is -3.08. The molecule has 1 aromatic heterocycles. The highest BCUT2D eigenvalue weighted by molar-refractivity contribution is 7.16. The van der Waals surface area contributed by atoms with Gasteiger partial charge in [0.15, 0.2) is 0 Å². The lowest BCUT2D eigenvalue weighted by molar-refractivity contribution is -0.895. The summed E-state index contributed by atoms with van der Waals surface area (Å²) in [6.45, 7) is 1.86. The average Bonchev–Trinajstić information content (AvgIpc) is 2.92. The number of nitrogens with one attached hydrogen (secondary N) is 1. The van der Waals surface area contributed by atoms with Gasteiger partial charge in [-0.05, 0) is 23.8 Å². The SMILES string of the molecule is COC(=O)c1c(N=Cc2cc(Cl)ccc2O)sc2c1CC[NH+](C)C2. The summed E-state index contributed by atoms with van der Waals surface area (Å²) in [6.07, 6.45) is 2.36. The van der Waals surface area contributed by atoms with Crippen molar-refractivity contribution in [3.05, 3.63) is 44.8 Å². The monoisotopic (exact) mass is 365 g/mol. The van der Waals surface area contributed by atoms with Gasteiger partial charge in [0.1, 0.15) is 22.9 Å². The van der Waals surface area contributed by atoms with Gasteiger partial charge in [-0.2, -0.15) is 0 Å². The molecule has 2 heterocycles. The molecule has 2 aromatic rings. The van der Waals surface area contributed by atoms with Gasteiger partial charge in [0.2, 0.25) is 0 Å². The summed E-state index contributed by atoms with van der Waals surface area (Å²) in [7, 11) is 3.51. The van der Waals surface area contributed by atoms with Crippen LogP contribution in [0.4, 0.5) is 5.00 Å². The molecule has 0 saturated heterocycles. The number of carbonyl (C=O) groups excluding carboxylic acids is 1. The molecule has 7 heteroatoms.